The van der Waals surface area contributed by atoms with Crippen molar-refractivity contribution >= 4 is 5.91 Å². The molecule has 0 saturated heterocycles. The van der Waals surface area contributed by atoms with Crippen LogP contribution in [0.3, 0.4) is 0 Å². The number of ether oxygens (including phenoxy) is 2. The molecule has 0 radical (unpaired) electrons. The van der Waals surface area contributed by atoms with Gasteiger partial charge in [-0.2, -0.15) is 0 Å². The van der Waals surface area contributed by atoms with Crippen LogP contribution in [-0.2, 0) is 11.2 Å². The molecular formula is C16H24N2O3. The number of hydrogen-bond acceptors (Lipinski definition) is 4. The standard InChI is InChI=1S/C16H24N2O3/c1-12(3-2-7-17)16(19)18-8-6-13-4-5-14-15(11-13)21-10-9-20-14/h4-5,11-12H,2-3,6-10,17H2,1H3,(H,18,19). The van der Waals surface area contributed by atoms with E-state index in [2.05, 4.69) is 5.32 Å². The highest BCUT2D eigenvalue weighted by molar-refractivity contribution is 5.78. The second-order valence-electron chi connectivity index (χ2n) is 5.35. The van der Waals surface area contributed by atoms with Gasteiger partial charge in [0.25, 0.3) is 0 Å². The molecule has 0 spiro atoms. The van der Waals surface area contributed by atoms with E-state index in [1.165, 1.54) is 0 Å². The number of carbonyl (C=O) groups is 1. The van der Waals surface area contributed by atoms with Crippen LogP contribution in [0.4, 0.5) is 0 Å². The van der Waals surface area contributed by atoms with Gasteiger partial charge >= 0.3 is 0 Å². The minimum absolute atomic E-state index is 0.0221. The van der Waals surface area contributed by atoms with Crippen LogP contribution in [0.25, 0.3) is 0 Å². The van der Waals surface area contributed by atoms with Crippen LogP contribution in [0, 0.1) is 5.92 Å². The molecule has 1 aliphatic rings. The van der Waals surface area contributed by atoms with E-state index < -0.39 is 0 Å². The van der Waals surface area contributed by atoms with E-state index in [0.29, 0.717) is 26.3 Å². The molecule has 1 aromatic rings. The van der Waals surface area contributed by atoms with Gasteiger partial charge in [-0.1, -0.05) is 13.0 Å². The number of hydrogen-bond donors (Lipinski definition) is 2. The molecule has 5 heteroatoms. The van der Waals surface area contributed by atoms with Crippen molar-refractivity contribution in [2.24, 2.45) is 11.7 Å². The zero-order valence-electron chi connectivity index (χ0n) is 12.6. The summed E-state index contributed by atoms with van der Waals surface area (Å²) in [7, 11) is 0. The number of nitrogens with one attached hydrogen (secondary N) is 1. The monoisotopic (exact) mass is 292 g/mol. The maximum absolute atomic E-state index is 11.9. The molecule has 116 valence electrons. The zero-order valence-corrected chi connectivity index (χ0v) is 12.6. The first-order valence-corrected chi connectivity index (χ1v) is 7.57. The largest absolute Gasteiger partial charge is 0.486 e. The smallest absolute Gasteiger partial charge is 0.222 e. The Morgan fingerprint density at radius 1 is 1.33 bits per heavy atom. The first kappa shape index (κ1) is 15.6. The normalized spacial score (nSPS) is 14.6. The van der Waals surface area contributed by atoms with Crippen molar-refractivity contribution in [2.75, 3.05) is 26.3 Å². The molecule has 0 bridgehead atoms. The lowest BCUT2D eigenvalue weighted by Gasteiger charge is -2.19. The Morgan fingerprint density at radius 2 is 2.10 bits per heavy atom. The van der Waals surface area contributed by atoms with E-state index in [-0.39, 0.29) is 11.8 Å². The molecule has 0 saturated carbocycles. The second kappa shape index (κ2) is 7.88. The predicted molar refractivity (Wildman–Crippen MR) is 81.6 cm³/mol. The van der Waals surface area contributed by atoms with Crippen LogP contribution in [-0.4, -0.2) is 32.2 Å². The average Bonchev–Trinajstić information content (AvgIpc) is 2.52. The fraction of sp³-hybridized carbons (Fsp3) is 0.562. The Hall–Kier alpha value is -1.75. The summed E-state index contributed by atoms with van der Waals surface area (Å²) in [5, 5.41) is 2.97. The van der Waals surface area contributed by atoms with Gasteiger partial charge in [0.1, 0.15) is 13.2 Å². The topological polar surface area (TPSA) is 73.6 Å². The summed E-state index contributed by atoms with van der Waals surface area (Å²) >= 11 is 0. The summed E-state index contributed by atoms with van der Waals surface area (Å²) in [5.74, 6) is 1.71. The Morgan fingerprint density at radius 3 is 2.86 bits per heavy atom. The molecule has 1 atom stereocenters. The van der Waals surface area contributed by atoms with Gasteiger partial charge in [-0.3, -0.25) is 4.79 Å². The van der Waals surface area contributed by atoms with Gasteiger partial charge in [0, 0.05) is 12.5 Å². The van der Waals surface area contributed by atoms with Gasteiger partial charge in [0.2, 0.25) is 5.91 Å². The quantitative estimate of drug-likeness (QED) is 0.798. The van der Waals surface area contributed by atoms with E-state index in [1.54, 1.807) is 0 Å². The van der Waals surface area contributed by atoms with Crippen molar-refractivity contribution in [1.82, 2.24) is 5.32 Å². The number of nitrogens with two attached hydrogens (primary N) is 1. The molecule has 0 aliphatic carbocycles. The fourth-order valence-corrected chi connectivity index (χ4v) is 2.30. The van der Waals surface area contributed by atoms with E-state index in [4.69, 9.17) is 15.2 Å². The highest BCUT2D eigenvalue weighted by Crippen LogP contribution is 2.30. The van der Waals surface area contributed by atoms with Crippen LogP contribution in [0.5, 0.6) is 11.5 Å². The van der Waals surface area contributed by atoms with Crippen LogP contribution >= 0.6 is 0 Å². The third-order valence-corrected chi connectivity index (χ3v) is 3.61. The zero-order chi connectivity index (χ0) is 15.1. The summed E-state index contributed by atoms with van der Waals surface area (Å²) in [6.07, 6.45) is 2.51. The molecule has 1 heterocycles. The molecule has 0 fully saturated rings. The summed E-state index contributed by atoms with van der Waals surface area (Å²) in [6.45, 7) is 4.39. The third kappa shape index (κ3) is 4.63. The highest BCUT2D eigenvalue weighted by Gasteiger charge is 2.13. The molecule has 2 rings (SSSR count). The van der Waals surface area contributed by atoms with Crippen LogP contribution in [0.15, 0.2) is 18.2 Å². The Balaban J connectivity index is 1.77. The summed E-state index contributed by atoms with van der Waals surface area (Å²) in [6, 6.07) is 5.92. The predicted octanol–water partition coefficient (Wildman–Crippen LogP) is 1.49. The first-order valence-electron chi connectivity index (χ1n) is 7.57. The Bertz CT molecular complexity index is 477. The summed E-state index contributed by atoms with van der Waals surface area (Å²) < 4.78 is 11.0. The van der Waals surface area contributed by atoms with Gasteiger partial charge in [-0.15, -0.1) is 0 Å². The Kier molecular flexibility index (Phi) is 5.87. The van der Waals surface area contributed by atoms with Gasteiger partial charge in [0.15, 0.2) is 11.5 Å². The summed E-state index contributed by atoms with van der Waals surface area (Å²) in [4.78, 5) is 11.9. The highest BCUT2D eigenvalue weighted by atomic mass is 16.6. The van der Waals surface area contributed by atoms with Crippen molar-refractivity contribution in [3.63, 3.8) is 0 Å². The van der Waals surface area contributed by atoms with Crippen LogP contribution < -0.4 is 20.5 Å². The molecular weight excluding hydrogens is 268 g/mol. The van der Waals surface area contributed by atoms with Crippen molar-refractivity contribution < 1.29 is 14.3 Å². The molecule has 1 aliphatic heterocycles. The number of fused-ring (bicyclic) bond motifs is 1. The SMILES string of the molecule is CC(CCCN)C(=O)NCCc1ccc2c(c1)OCCO2. The van der Waals surface area contributed by atoms with Crippen molar-refractivity contribution in [3.8, 4) is 11.5 Å². The lowest BCUT2D eigenvalue weighted by Crippen LogP contribution is -2.31. The molecule has 1 aromatic carbocycles. The van der Waals surface area contributed by atoms with E-state index in [9.17, 15) is 4.79 Å². The molecule has 21 heavy (non-hydrogen) atoms. The second-order valence-corrected chi connectivity index (χ2v) is 5.35. The summed E-state index contributed by atoms with van der Waals surface area (Å²) in [5.41, 5.74) is 6.59. The molecule has 3 N–H and O–H groups in total. The number of carbonyl (C=O) groups excluding carboxylic acids is 1. The van der Waals surface area contributed by atoms with E-state index >= 15 is 0 Å². The fourth-order valence-electron chi connectivity index (χ4n) is 2.30. The molecule has 5 nitrogen and oxygen atoms in total. The first-order chi connectivity index (χ1) is 10.2. The van der Waals surface area contributed by atoms with Crippen LogP contribution in [0.2, 0.25) is 0 Å². The Labute approximate surface area is 125 Å². The van der Waals surface area contributed by atoms with Crippen molar-refractivity contribution in [1.29, 1.82) is 0 Å². The molecule has 1 amide bonds. The lowest BCUT2D eigenvalue weighted by molar-refractivity contribution is -0.124. The number of rotatable bonds is 7. The van der Waals surface area contributed by atoms with Crippen LogP contribution in [0.1, 0.15) is 25.3 Å². The minimum atomic E-state index is 0.0221. The molecule has 1 unspecified atom stereocenters. The average molecular weight is 292 g/mol. The molecule has 0 aromatic heterocycles. The lowest BCUT2D eigenvalue weighted by atomic mass is 10.0. The number of amides is 1. The van der Waals surface area contributed by atoms with Gasteiger partial charge in [-0.25, -0.2) is 0 Å². The van der Waals surface area contributed by atoms with Gasteiger partial charge in [0.05, 0.1) is 0 Å². The number of benzene rings is 1. The van der Waals surface area contributed by atoms with Gasteiger partial charge in [-0.05, 0) is 43.5 Å². The van der Waals surface area contributed by atoms with Crippen molar-refractivity contribution in [2.45, 2.75) is 26.2 Å². The van der Waals surface area contributed by atoms with Gasteiger partial charge < -0.3 is 20.5 Å². The maximum Gasteiger partial charge on any atom is 0.222 e. The maximum atomic E-state index is 11.9. The van der Waals surface area contributed by atoms with E-state index in [1.807, 2.05) is 25.1 Å². The van der Waals surface area contributed by atoms with Crippen molar-refractivity contribution in [3.05, 3.63) is 23.8 Å². The van der Waals surface area contributed by atoms with E-state index in [0.717, 1.165) is 36.3 Å². The third-order valence-electron chi connectivity index (χ3n) is 3.61. The minimum Gasteiger partial charge on any atom is -0.486 e.